The van der Waals surface area contributed by atoms with Gasteiger partial charge in [-0.15, -0.1) is 0 Å². The van der Waals surface area contributed by atoms with Crippen LogP contribution in [0.5, 0.6) is 5.75 Å². The number of allylic oxidation sites excluding steroid dienone is 1. The highest BCUT2D eigenvalue weighted by atomic mass is 79.9. The maximum absolute atomic E-state index is 11.1. The number of carbonyl (C=O) groups excluding carboxylic acids is 2. The Hall–Kier alpha value is -1.42. The van der Waals surface area contributed by atoms with E-state index in [-0.39, 0.29) is 5.75 Å². The van der Waals surface area contributed by atoms with Crippen molar-refractivity contribution >= 4 is 28.2 Å². The first-order chi connectivity index (χ1) is 7.17. The lowest BCUT2D eigenvalue weighted by molar-refractivity contribution is -0.129. The SMILES string of the molecule is C/C=C/C(=O)Oc1ccc(Br)cc1C=O. The summed E-state index contributed by atoms with van der Waals surface area (Å²) in [6.45, 7) is 1.71. The second-order valence-electron chi connectivity index (χ2n) is 2.72. The van der Waals surface area contributed by atoms with Gasteiger partial charge in [-0.3, -0.25) is 4.79 Å². The van der Waals surface area contributed by atoms with Crippen molar-refractivity contribution in [3.63, 3.8) is 0 Å². The number of halogens is 1. The van der Waals surface area contributed by atoms with Crippen molar-refractivity contribution in [3.8, 4) is 5.75 Å². The Morgan fingerprint density at radius 1 is 1.47 bits per heavy atom. The van der Waals surface area contributed by atoms with Crippen LogP contribution in [0, 0.1) is 0 Å². The number of aldehydes is 1. The third-order valence-corrected chi connectivity index (χ3v) is 2.11. The van der Waals surface area contributed by atoms with E-state index in [1.54, 1.807) is 31.2 Å². The standard InChI is InChI=1S/C11H9BrO3/c1-2-3-11(14)15-10-5-4-9(12)6-8(10)7-13/h2-7H,1H3/b3-2+. The Morgan fingerprint density at radius 2 is 2.20 bits per heavy atom. The predicted molar refractivity (Wildman–Crippen MR) is 60.0 cm³/mol. The molecule has 0 aliphatic heterocycles. The molecule has 1 aromatic carbocycles. The Labute approximate surface area is 95.9 Å². The van der Waals surface area contributed by atoms with Crippen molar-refractivity contribution < 1.29 is 14.3 Å². The Morgan fingerprint density at radius 3 is 2.80 bits per heavy atom. The van der Waals surface area contributed by atoms with Gasteiger partial charge in [0.1, 0.15) is 5.75 Å². The van der Waals surface area contributed by atoms with Crippen LogP contribution in [-0.4, -0.2) is 12.3 Å². The van der Waals surface area contributed by atoms with Gasteiger partial charge in [0.25, 0.3) is 0 Å². The fourth-order valence-corrected chi connectivity index (χ4v) is 1.36. The molecule has 1 rings (SSSR count). The molecule has 0 atom stereocenters. The molecule has 78 valence electrons. The maximum atomic E-state index is 11.1. The molecule has 0 bridgehead atoms. The van der Waals surface area contributed by atoms with Gasteiger partial charge in [-0.1, -0.05) is 22.0 Å². The molecule has 0 heterocycles. The fraction of sp³-hybridized carbons (Fsp3) is 0.0909. The van der Waals surface area contributed by atoms with Gasteiger partial charge in [-0.25, -0.2) is 4.79 Å². The van der Waals surface area contributed by atoms with Gasteiger partial charge in [0, 0.05) is 10.5 Å². The number of hydrogen-bond donors (Lipinski definition) is 0. The molecule has 0 aliphatic carbocycles. The van der Waals surface area contributed by atoms with Gasteiger partial charge in [-0.2, -0.15) is 0 Å². The number of hydrogen-bond acceptors (Lipinski definition) is 3. The molecule has 0 saturated carbocycles. The molecule has 15 heavy (non-hydrogen) atoms. The molecule has 0 radical (unpaired) electrons. The lowest BCUT2D eigenvalue weighted by Gasteiger charge is -2.04. The molecule has 0 unspecified atom stereocenters. The van der Waals surface area contributed by atoms with Crippen molar-refractivity contribution in [2.75, 3.05) is 0 Å². The van der Waals surface area contributed by atoms with Crippen LogP contribution in [0.4, 0.5) is 0 Å². The van der Waals surface area contributed by atoms with Crippen LogP contribution in [0.3, 0.4) is 0 Å². The van der Waals surface area contributed by atoms with Crippen LogP contribution >= 0.6 is 15.9 Å². The van der Waals surface area contributed by atoms with E-state index in [0.29, 0.717) is 11.8 Å². The molecule has 0 aromatic heterocycles. The lowest BCUT2D eigenvalue weighted by Crippen LogP contribution is -2.05. The summed E-state index contributed by atoms with van der Waals surface area (Å²) in [5, 5.41) is 0. The highest BCUT2D eigenvalue weighted by molar-refractivity contribution is 9.10. The summed E-state index contributed by atoms with van der Waals surface area (Å²) in [5.74, 6) is -0.237. The molecule has 0 spiro atoms. The highest BCUT2D eigenvalue weighted by Crippen LogP contribution is 2.21. The molecule has 4 heteroatoms. The minimum absolute atomic E-state index is 0.260. The van der Waals surface area contributed by atoms with Crippen molar-refractivity contribution in [2.45, 2.75) is 6.92 Å². The zero-order chi connectivity index (χ0) is 11.3. The second-order valence-corrected chi connectivity index (χ2v) is 3.64. The lowest BCUT2D eigenvalue weighted by atomic mass is 10.2. The number of benzene rings is 1. The van der Waals surface area contributed by atoms with E-state index >= 15 is 0 Å². The molecule has 1 aromatic rings. The number of rotatable bonds is 3. The molecule has 0 fully saturated rings. The molecular weight excluding hydrogens is 260 g/mol. The van der Waals surface area contributed by atoms with Gasteiger partial charge >= 0.3 is 5.97 Å². The average molecular weight is 269 g/mol. The van der Waals surface area contributed by atoms with Gasteiger partial charge in [0.15, 0.2) is 6.29 Å². The third kappa shape index (κ3) is 3.32. The van der Waals surface area contributed by atoms with Crippen LogP contribution < -0.4 is 4.74 Å². The summed E-state index contributed by atoms with van der Waals surface area (Å²) in [6, 6.07) is 4.85. The minimum Gasteiger partial charge on any atom is -0.423 e. The molecule has 0 aliphatic rings. The van der Waals surface area contributed by atoms with Gasteiger partial charge in [-0.05, 0) is 25.1 Å². The first kappa shape index (κ1) is 11.7. The molecule has 3 nitrogen and oxygen atoms in total. The summed E-state index contributed by atoms with van der Waals surface area (Å²) in [5.41, 5.74) is 0.335. The van der Waals surface area contributed by atoms with E-state index in [0.717, 1.165) is 4.47 Å². The molecule has 0 N–H and O–H groups in total. The topological polar surface area (TPSA) is 43.4 Å². The van der Waals surface area contributed by atoms with Gasteiger partial charge < -0.3 is 4.74 Å². The van der Waals surface area contributed by atoms with Crippen LogP contribution in [0.2, 0.25) is 0 Å². The predicted octanol–water partition coefficient (Wildman–Crippen LogP) is 2.74. The zero-order valence-electron chi connectivity index (χ0n) is 8.07. The van der Waals surface area contributed by atoms with Crippen LogP contribution in [-0.2, 0) is 4.79 Å². The average Bonchev–Trinajstić information content (AvgIpc) is 2.21. The van der Waals surface area contributed by atoms with Crippen molar-refractivity contribution in [2.24, 2.45) is 0 Å². The maximum Gasteiger partial charge on any atom is 0.335 e. The monoisotopic (exact) mass is 268 g/mol. The van der Waals surface area contributed by atoms with Crippen LogP contribution in [0.15, 0.2) is 34.8 Å². The Kier molecular flexibility index (Phi) is 4.24. The first-order valence-electron chi connectivity index (χ1n) is 4.26. The minimum atomic E-state index is -0.497. The normalized spacial score (nSPS) is 10.3. The number of carbonyl (C=O) groups is 2. The number of ether oxygens (including phenoxy) is 1. The summed E-state index contributed by atoms with van der Waals surface area (Å²) in [7, 11) is 0. The smallest absolute Gasteiger partial charge is 0.335 e. The fourth-order valence-electron chi connectivity index (χ4n) is 0.983. The van der Waals surface area contributed by atoms with E-state index in [4.69, 9.17) is 4.74 Å². The Balaban J connectivity index is 2.94. The highest BCUT2D eigenvalue weighted by Gasteiger charge is 2.06. The van der Waals surface area contributed by atoms with Crippen molar-refractivity contribution in [1.82, 2.24) is 0 Å². The number of esters is 1. The largest absolute Gasteiger partial charge is 0.423 e. The first-order valence-corrected chi connectivity index (χ1v) is 5.06. The van der Waals surface area contributed by atoms with Crippen LogP contribution in [0.1, 0.15) is 17.3 Å². The molecule has 0 saturated heterocycles. The summed E-state index contributed by atoms with van der Waals surface area (Å²) < 4.78 is 5.71. The Bertz CT molecular complexity index is 410. The third-order valence-electron chi connectivity index (χ3n) is 1.61. The summed E-state index contributed by atoms with van der Waals surface area (Å²) in [6.07, 6.45) is 3.50. The second kappa shape index (κ2) is 5.46. The molecular formula is C11H9BrO3. The quantitative estimate of drug-likeness (QED) is 0.367. The summed E-state index contributed by atoms with van der Waals surface area (Å²) >= 11 is 3.22. The summed E-state index contributed by atoms with van der Waals surface area (Å²) in [4.78, 5) is 21.8. The van der Waals surface area contributed by atoms with Crippen LogP contribution in [0.25, 0.3) is 0 Å². The van der Waals surface area contributed by atoms with Crippen molar-refractivity contribution in [3.05, 3.63) is 40.4 Å². The molecule has 0 amide bonds. The van der Waals surface area contributed by atoms with E-state index in [1.807, 2.05) is 0 Å². The zero-order valence-corrected chi connectivity index (χ0v) is 9.65. The van der Waals surface area contributed by atoms with Gasteiger partial charge in [0.2, 0.25) is 0 Å². The van der Waals surface area contributed by atoms with E-state index in [2.05, 4.69) is 15.9 Å². The van der Waals surface area contributed by atoms with Crippen molar-refractivity contribution in [1.29, 1.82) is 0 Å². The van der Waals surface area contributed by atoms with E-state index < -0.39 is 5.97 Å². The van der Waals surface area contributed by atoms with E-state index in [9.17, 15) is 9.59 Å². The van der Waals surface area contributed by atoms with Gasteiger partial charge in [0.05, 0.1) is 5.56 Å². The van der Waals surface area contributed by atoms with E-state index in [1.165, 1.54) is 6.08 Å².